The number of rotatable bonds is 6. The molecule has 0 aliphatic heterocycles. The van der Waals surface area contributed by atoms with Gasteiger partial charge < -0.3 is 4.74 Å². The average Bonchev–Trinajstić information content (AvgIpc) is 2.73. The monoisotopic (exact) mass is 400 g/mol. The van der Waals surface area contributed by atoms with Crippen molar-refractivity contribution < 1.29 is 17.9 Å². The molecule has 0 unspecified atom stereocenters. The van der Waals surface area contributed by atoms with Crippen molar-refractivity contribution in [3.63, 3.8) is 0 Å². The first-order valence-corrected chi connectivity index (χ1v) is 10.2. The van der Waals surface area contributed by atoms with Crippen LogP contribution in [0.25, 0.3) is 12.2 Å². The van der Waals surface area contributed by atoms with Crippen LogP contribution in [0.5, 0.6) is 5.75 Å². The minimum atomic E-state index is -0.813. The molecule has 0 radical (unpaired) electrons. The third-order valence-corrected chi connectivity index (χ3v) is 5.54. The molecule has 4 heteroatoms. The van der Waals surface area contributed by atoms with Gasteiger partial charge in [-0.25, -0.2) is 13.2 Å². The van der Waals surface area contributed by atoms with Crippen molar-refractivity contribution in [2.24, 2.45) is 5.92 Å². The first-order valence-electron chi connectivity index (χ1n) is 10.2. The Labute approximate surface area is 170 Å². The van der Waals surface area contributed by atoms with Crippen LogP contribution in [0.1, 0.15) is 62.1 Å². The SMILES string of the molecule is CC=Cc1ccc(C=CC2CCC(c3ccc(OCC)c(F)c3)CC2)c(F)c1F. The molecule has 0 atom stereocenters. The van der Waals surface area contributed by atoms with Crippen LogP contribution in [-0.2, 0) is 0 Å². The molecule has 0 heterocycles. The van der Waals surface area contributed by atoms with E-state index in [1.54, 1.807) is 49.4 Å². The van der Waals surface area contributed by atoms with Gasteiger partial charge in [-0.15, -0.1) is 0 Å². The molecule has 1 nitrogen and oxygen atoms in total. The molecule has 0 aromatic heterocycles. The molecule has 1 fully saturated rings. The van der Waals surface area contributed by atoms with E-state index in [2.05, 4.69) is 0 Å². The number of allylic oxidation sites excluding steroid dienone is 2. The Bertz CT molecular complexity index is 893. The van der Waals surface area contributed by atoms with E-state index in [0.29, 0.717) is 24.2 Å². The fourth-order valence-electron chi connectivity index (χ4n) is 3.94. The summed E-state index contributed by atoms with van der Waals surface area (Å²) in [4.78, 5) is 0. The van der Waals surface area contributed by atoms with E-state index < -0.39 is 11.6 Å². The third kappa shape index (κ3) is 5.11. The van der Waals surface area contributed by atoms with Crippen molar-refractivity contribution in [3.8, 4) is 5.75 Å². The number of ether oxygens (including phenoxy) is 1. The van der Waals surface area contributed by atoms with Gasteiger partial charge in [-0.3, -0.25) is 0 Å². The number of benzene rings is 2. The summed E-state index contributed by atoms with van der Waals surface area (Å²) >= 11 is 0. The van der Waals surface area contributed by atoms with Crippen molar-refractivity contribution in [3.05, 3.63) is 76.6 Å². The zero-order valence-electron chi connectivity index (χ0n) is 16.9. The molecule has 3 rings (SSSR count). The van der Waals surface area contributed by atoms with Gasteiger partial charge in [-0.05, 0) is 69.1 Å². The van der Waals surface area contributed by atoms with Crippen LogP contribution in [0, 0.1) is 23.4 Å². The largest absolute Gasteiger partial charge is 0.491 e. The van der Waals surface area contributed by atoms with Crippen molar-refractivity contribution in [2.45, 2.75) is 45.4 Å². The van der Waals surface area contributed by atoms with Crippen molar-refractivity contribution in [1.82, 2.24) is 0 Å². The van der Waals surface area contributed by atoms with Crippen LogP contribution in [0.3, 0.4) is 0 Å². The molecule has 0 saturated heterocycles. The van der Waals surface area contributed by atoms with Crippen molar-refractivity contribution in [2.75, 3.05) is 6.61 Å². The Hall–Kier alpha value is -2.49. The first-order chi connectivity index (χ1) is 14.0. The maximum atomic E-state index is 14.2. The normalized spacial score (nSPS) is 19.9. The minimum absolute atomic E-state index is 0.255. The predicted octanol–water partition coefficient (Wildman–Crippen LogP) is 7.52. The van der Waals surface area contributed by atoms with E-state index in [1.165, 1.54) is 0 Å². The molecule has 29 heavy (non-hydrogen) atoms. The molecule has 0 spiro atoms. The molecule has 2 aromatic carbocycles. The second kappa shape index (κ2) is 9.82. The zero-order chi connectivity index (χ0) is 20.8. The fraction of sp³-hybridized carbons (Fsp3) is 0.360. The van der Waals surface area contributed by atoms with E-state index in [1.807, 2.05) is 19.1 Å². The number of hydrogen-bond acceptors (Lipinski definition) is 1. The lowest BCUT2D eigenvalue weighted by molar-refractivity contribution is 0.320. The van der Waals surface area contributed by atoms with Crippen LogP contribution in [0.15, 0.2) is 42.5 Å². The van der Waals surface area contributed by atoms with Crippen LogP contribution in [0.2, 0.25) is 0 Å². The van der Waals surface area contributed by atoms with E-state index >= 15 is 0 Å². The summed E-state index contributed by atoms with van der Waals surface area (Å²) in [7, 11) is 0. The zero-order valence-corrected chi connectivity index (χ0v) is 16.9. The lowest BCUT2D eigenvalue weighted by atomic mass is 9.78. The average molecular weight is 400 g/mol. The standard InChI is InChI=1S/C25H27F3O/c1-3-5-19-12-13-20(25(28)24(19)27)11-8-17-6-9-18(10-7-17)21-14-15-23(29-4-2)22(26)16-21/h3,5,8,11-18H,4,6-7,9-10H2,1-2H3. The lowest BCUT2D eigenvalue weighted by Gasteiger charge is -2.27. The number of halogens is 3. The Morgan fingerprint density at radius 3 is 2.17 bits per heavy atom. The van der Waals surface area contributed by atoms with Gasteiger partial charge >= 0.3 is 0 Å². The molecule has 1 aliphatic rings. The van der Waals surface area contributed by atoms with E-state index in [0.717, 1.165) is 31.2 Å². The van der Waals surface area contributed by atoms with Gasteiger partial charge in [0.25, 0.3) is 0 Å². The Morgan fingerprint density at radius 2 is 1.59 bits per heavy atom. The second-order valence-corrected chi connectivity index (χ2v) is 7.47. The van der Waals surface area contributed by atoms with Crippen LogP contribution in [0.4, 0.5) is 13.2 Å². The Balaban J connectivity index is 1.61. The molecule has 0 bridgehead atoms. The smallest absolute Gasteiger partial charge is 0.166 e. The molecule has 0 N–H and O–H groups in total. The molecular weight excluding hydrogens is 373 g/mol. The molecule has 2 aromatic rings. The quantitative estimate of drug-likeness (QED) is 0.487. The van der Waals surface area contributed by atoms with Gasteiger partial charge in [0.1, 0.15) is 0 Å². The first kappa shape index (κ1) is 21.2. The van der Waals surface area contributed by atoms with E-state index in [4.69, 9.17) is 4.74 Å². The van der Waals surface area contributed by atoms with Gasteiger partial charge in [0.15, 0.2) is 23.2 Å². The molecule has 1 saturated carbocycles. The highest BCUT2D eigenvalue weighted by Gasteiger charge is 2.22. The summed E-state index contributed by atoms with van der Waals surface area (Å²) in [5, 5.41) is 0. The summed E-state index contributed by atoms with van der Waals surface area (Å²) < 4.78 is 47.7. The van der Waals surface area contributed by atoms with Gasteiger partial charge in [0.2, 0.25) is 0 Å². The summed E-state index contributed by atoms with van der Waals surface area (Å²) in [6, 6.07) is 8.43. The van der Waals surface area contributed by atoms with Gasteiger partial charge in [0, 0.05) is 11.1 Å². The van der Waals surface area contributed by atoms with E-state index in [9.17, 15) is 13.2 Å². The van der Waals surface area contributed by atoms with Crippen molar-refractivity contribution >= 4 is 12.2 Å². The summed E-state index contributed by atoms with van der Waals surface area (Å²) in [6.45, 7) is 4.04. The van der Waals surface area contributed by atoms with Crippen LogP contribution in [-0.4, -0.2) is 6.61 Å². The van der Waals surface area contributed by atoms with Gasteiger partial charge in [0.05, 0.1) is 6.61 Å². The minimum Gasteiger partial charge on any atom is -0.491 e. The highest BCUT2D eigenvalue weighted by Crippen LogP contribution is 2.37. The molecule has 0 amide bonds. The summed E-state index contributed by atoms with van der Waals surface area (Å²) in [5.74, 6) is -1.01. The maximum Gasteiger partial charge on any atom is 0.166 e. The van der Waals surface area contributed by atoms with Gasteiger partial charge in [-0.2, -0.15) is 0 Å². The predicted molar refractivity (Wildman–Crippen MR) is 112 cm³/mol. The molecule has 154 valence electrons. The highest BCUT2D eigenvalue weighted by molar-refractivity contribution is 5.57. The van der Waals surface area contributed by atoms with Crippen molar-refractivity contribution in [1.29, 1.82) is 0 Å². The van der Waals surface area contributed by atoms with Crippen LogP contribution >= 0.6 is 0 Å². The highest BCUT2D eigenvalue weighted by atomic mass is 19.2. The Morgan fingerprint density at radius 1 is 0.931 bits per heavy atom. The number of hydrogen-bond donors (Lipinski definition) is 0. The summed E-state index contributed by atoms with van der Waals surface area (Å²) in [6.07, 6.45) is 10.7. The van der Waals surface area contributed by atoms with Gasteiger partial charge in [-0.1, -0.05) is 42.5 Å². The molecular formula is C25H27F3O. The molecule has 1 aliphatic carbocycles. The maximum absolute atomic E-state index is 14.2. The second-order valence-electron chi connectivity index (χ2n) is 7.47. The van der Waals surface area contributed by atoms with Crippen LogP contribution < -0.4 is 4.74 Å². The Kier molecular flexibility index (Phi) is 7.18. The fourth-order valence-corrected chi connectivity index (χ4v) is 3.94. The topological polar surface area (TPSA) is 9.23 Å². The lowest BCUT2D eigenvalue weighted by Crippen LogP contribution is -2.12. The van der Waals surface area contributed by atoms with E-state index in [-0.39, 0.29) is 16.9 Å². The third-order valence-electron chi connectivity index (χ3n) is 5.54. The summed E-state index contributed by atoms with van der Waals surface area (Å²) in [5.41, 5.74) is 1.53.